The van der Waals surface area contributed by atoms with Gasteiger partial charge in [0.1, 0.15) is 0 Å². The van der Waals surface area contributed by atoms with Crippen molar-refractivity contribution in [2.75, 3.05) is 11.9 Å². The Morgan fingerprint density at radius 3 is 3.14 bits per heavy atom. The molecule has 0 spiro atoms. The first-order valence-corrected chi connectivity index (χ1v) is 7.19. The number of urea groups is 1. The lowest BCUT2D eigenvalue weighted by atomic mass is 10.0. The minimum atomic E-state index is -0.411. The first kappa shape index (κ1) is 14.4. The highest BCUT2D eigenvalue weighted by Gasteiger charge is 2.25. The van der Waals surface area contributed by atoms with Crippen LogP contribution in [0.15, 0.2) is 30.5 Å². The average Bonchev–Trinajstić information content (AvgIpc) is 2.96. The number of aromatic nitrogens is 2. The molecule has 2 amide bonds. The number of hydrogen-bond acceptors (Lipinski definition) is 3. The Hall–Kier alpha value is -2.57. The molecule has 22 heavy (non-hydrogen) atoms. The SMILES string of the molecule is CCn1ccc(NC(=O)NC2CCOc3c(F)cccc32)n1. The molecule has 6 nitrogen and oxygen atoms in total. The van der Waals surface area contributed by atoms with Crippen molar-refractivity contribution in [3.05, 3.63) is 41.8 Å². The number of carbonyl (C=O) groups excluding carboxylic acids is 1. The number of carbonyl (C=O) groups is 1. The topological polar surface area (TPSA) is 68.2 Å². The largest absolute Gasteiger partial charge is 0.490 e. The zero-order valence-corrected chi connectivity index (χ0v) is 12.2. The molecule has 0 radical (unpaired) electrons. The minimum absolute atomic E-state index is 0.217. The smallest absolute Gasteiger partial charge is 0.320 e. The summed E-state index contributed by atoms with van der Waals surface area (Å²) in [6.07, 6.45) is 2.38. The van der Waals surface area contributed by atoms with Crippen LogP contribution in [-0.4, -0.2) is 22.4 Å². The van der Waals surface area contributed by atoms with Gasteiger partial charge in [-0.2, -0.15) is 5.10 Å². The zero-order chi connectivity index (χ0) is 15.5. The van der Waals surface area contributed by atoms with Gasteiger partial charge in [-0.15, -0.1) is 0 Å². The standard InChI is InChI=1S/C15H17FN4O2/c1-2-20-8-6-13(19-20)18-15(21)17-12-7-9-22-14-10(12)4-3-5-11(14)16/h3-6,8,12H,2,7,9H2,1H3,(H2,17,18,19,21). The van der Waals surface area contributed by atoms with E-state index in [4.69, 9.17) is 4.74 Å². The second-order valence-corrected chi connectivity index (χ2v) is 5.00. The van der Waals surface area contributed by atoms with Crippen LogP contribution in [0.25, 0.3) is 0 Å². The molecule has 1 aromatic carbocycles. The first-order chi connectivity index (χ1) is 10.7. The predicted octanol–water partition coefficient (Wildman–Crippen LogP) is 2.69. The van der Waals surface area contributed by atoms with E-state index in [1.54, 1.807) is 29.1 Å². The van der Waals surface area contributed by atoms with Gasteiger partial charge in [0.05, 0.1) is 12.6 Å². The molecule has 3 rings (SSSR count). The summed E-state index contributed by atoms with van der Waals surface area (Å²) in [6, 6.07) is 5.78. The number of aryl methyl sites for hydroxylation is 1. The Morgan fingerprint density at radius 1 is 1.50 bits per heavy atom. The average molecular weight is 304 g/mol. The van der Waals surface area contributed by atoms with Crippen molar-refractivity contribution < 1.29 is 13.9 Å². The maximum atomic E-state index is 13.7. The van der Waals surface area contributed by atoms with Crippen LogP contribution in [0.3, 0.4) is 0 Å². The van der Waals surface area contributed by atoms with Crippen molar-refractivity contribution in [3.8, 4) is 5.75 Å². The highest BCUT2D eigenvalue weighted by Crippen LogP contribution is 2.33. The van der Waals surface area contributed by atoms with Gasteiger partial charge < -0.3 is 10.1 Å². The number of fused-ring (bicyclic) bond motifs is 1. The van der Waals surface area contributed by atoms with Crippen LogP contribution in [0, 0.1) is 5.82 Å². The number of anilines is 1. The van der Waals surface area contributed by atoms with E-state index in [0.29, 0.717) is 24.4 Å². The monoisotopic (exact) mass is 304 g/mol. The summed E-state index contributed by atoms with van der Waals surface area (Å²) >= 11 is 0. The molecule has 0 bridgehead atoms. The van der Waals surface area contributed by atoms with E-state index in [9.17, 15) is 9.18 Å². The first-order valence-electron chi connectivity index (χ1n) is 7.19. The Balaban J connectivity index is 1.69. The Kier molecular flexibility index (Phi) is 3.95. The molecule has 0 aliphatic carbocycles. The number of para-hydroxylation sites is 1. The lowest BCUT2D eigenvalue weighted by molar-refractivity contribution is 0.227. The van der Waals surface area contributed by atoms with Crippen LogP contribution in [0.5, 0.6) is 5.75 Å². The number of rotatable bonds is 3. The minimum Gasteiger partial charge on any atom is -0.490 e. The second kappa shape index (κ2) is 6.05. The summed E-state index contributed by atoms with van der Waals surface area (Å²) in [6.45, 7) is 3.06. The molecule has 0 fully saturated rings. The lowest BCUT2D eigenvalue weighted by Crippen LogP contribution is -2.35. The quantitative estimate of drug-likeness (QED) is 0.916. The van der Waals surface area contributed by atoms with Gasteiger partial charge in [-0.3, -0.25) is 10.00 Å². The fourth-order valence-corrected chi connectivity index (χ4v) is 2.45. The van der Waals surface area contributed by atoms with Gasteiger partial charge in [0, 0.05) is 30.8 Å². The molecule has 1 aromatic heterocycles. The zero-order valence-electron chi connectivity index (χ0n) is 12.2. The van der Waals surface area contributed by atoms with Crippen molar-refractivity contribution in [1.82, 2.24) is 15.1 Å². The number of halogens is 1. The number of amides is 2. The predicted molar refractivity (Wildman–Crippen MR) is 79.3 cm³/mol. The third-order valence-electron chi connectivity index (χ3n) is 3.54. The van der Waals surface area contributed by atoms with Crippen LogP contribution in [0.2, 0.25) is 0 Å². The summed E-state index contributed by atoms with van der Waals surface area (Å²) in [7, 11) is 0. The molecule has 1 atom stereocenters. The van der Waals surface area contributed by atoms with E-state index in [1.807, 2.05) is 6.92 Å². The number of nitrogens with zero attached hydrogens (tertiary/aromatic N) is 2. The molecule has 1 aliphatic rings. The lowest BCUT2D eigenvalue weighted by Gasteiger charge is -2.26. The molecule has 116 valence electrons. The maximum Gasteiger partial charge on any atom is 0.320 e. The molecule has 0 saturated carbocycles. The van der Waals surface area contributed by atoms with E-state index < -0.39 is 5.82 Å². The van der Waals surface area contributed by atoms with Crippen LogP contribution < -0.4 is 15.4 Å². The molecule has 1 aliphatic heterocycles. The molecule has 2 N–H and O–H groups in total. The van der Waals surface area contributed by atoms with Crippen molar-refractivity contribution in [2.24, 2.45) is 0 Å². The van der Waals surface area contributed by atoms with E-state index in [-0.39, 0.29) is 17.8 Å². The number of ether oxygens (including phenoxy) is 1. The molecule has 0 saturated heterocycles. The van der Waals surface area contributed by atoms with Gasteiger partial charge >= 0.3 is 6.03 Å². The Labute approximate surface area is 127 Å². The summed E-state index contributed by atoms with van der Waals surface area (Å²) < 4.78 is 20.8. The summed E-state index contributed by atoms with van der Waals surface area (Å²) in [5.41, 5.74) is 0.653. The van der Waals surface area contributed by atoms with Crippen molar-refractivity contribution in [2.45, 2.75) is 25.9 Å². The summed E-state index contributed by atoms with van der Waals surface area (Å²) in [4.78, 5) is 12.1. The van der Waals surface area contributed by atoms with Crippen molar-refractivity contribution in [3.63, 3.8) is 0 Å². The highest BCUT2D eigenvalue weighted by atomic mass is 19.1. The Morgan fingerprint density at radius 2 is 2.36 bits per heavy atom. The third kappa shape index (κ3) is 2.88. The highest BCUT2D eigenvalue weighted by molar-refractivity contribution is 5.88. The van der Waals surface area contributed by atoms with Crippen LogP contribution in [-0.2, 0) is 6.54 Å². The van der Waals surface area contributed by atoms with E-state index >= 15 is 0 Å². The van der Waals surface area contributed by atoms with Crippen molar-refractivity contribution in [1.29, 1.82) is 0 Å². The number of nitrogens with one attached hydrogen (secondary N) is 2. The summed E-state index contributed by atoms with van der Waals surface area (Å²) in [5, 5.41) is 9.69. The fourth-order valence-electron chi connectivity index (χ4n) is 2.45. The third-order valence-corrected chi connectivity index (χ3v) is 3.54. The molecule has 2 heterocycles. The van der Waals surface area contributed by atoms with Gasteiger partial charge in [-0.25, -0.2) is 9.18 Å². The van der Waals surface area contributed by atoms with Gasteiger partial charge in [-0.05, 0) is 13.0 Å². The number of benzene rings is 1. The molecular formula is C15H17FN4O2. The summed E-state index contributed by atoms with van der Waals surface area (Å²) in [5.74, 6) is 0.284. The van der Waals surface area contributed by atoms with E-state index in [2.05, 4.69) is 15.7 Å². The van der Waals surface area contributed by atoms with Crippen LogP contribution >= 0.6 is 0 Å². The van der Waals surface area contributed by atoms with E-state index in [0.717, 1.165) is 6.54 Å². The molecular weight excluding hydrogens is 287 g/mol. The van der Waals surface area contributed by atoms with Gasteiger partial charge in [0.2, 0.25) is 0 Å². The maximum absolute atomic E-state index is 13.7. The fraction of sp³-hybridized carbons (Fsp3) is 0.333. The second-order valence-electron chi connectivity index (χ2n) is 5.00. The van der Waals surface area contributed by atoms with Gasteiger partial charge in [0.25, 0.3) is 0 Å². The van der Waals surface area contributed by atoms with Gasteiger partial charge in [0.15, 0.2) is 17.4 Å². The van der Waals surface area contributed by atoms with Crippen molar-refractivity contribution >= 4 is 11.8 Å². The van der Waals surface area contributed by atoms with Gasteiger partial charge in [-0.1, -0.05) is 12.1 Å². The Bertz CT molecular complexity index is 686. The molecule has 2 aromatic rings. The normalized spacial score (nSPS) is 16.5. The number of hydrogen-bond donors (Lipinski definition) is 2. The van der Waals surface area contributed by atoms with Crippen LogP contribution in [0.4, 0.5) is 15.0 Å². The van der Waals surface area contributed by atoms with E-state index in [1.165, 1.54) is 6.07 Å². The molecule has 7 heteroatoms. The molecule has 1 unspecified atom stereocenters. The van der Waals surface area contributed by atoms with Crippen LogP contribution in [0.1, 0.15) is 24.9 Å².